The van der Waals surface area contributed by atoms with Crippen molar-refractivity contribution in [3.63, 3.8) is 0 Å². The number of hydrogen-bond donors (Lipinski definition) is 0. The summed E-state index contributed by atoms with van der Waals surface area (Å²) < 4.78 is 0. The number of nitrogens with zero attached hydrogens (tertiary/aromatic N) is 2. The molecule has 0 amide bonds. The average molecular weight is 299 g/mol. The van der Waals surface area contributed by atoms with Crippen molar-refractivity contribution in [3.05, 3.63) is 52.3 Å². The van der Waals surface area contributed by atoms with Gasteiger partial charge in [0, 0.05) is 18.0 Å². The summed E-state index contributed by atoms with van der Waals surface area (Å²) in [5.41, 5.74) is 0.535. The van der Waals surface area contributed by atoms with Crippen LogP contribution in [0, 0.1) is 0 Å². The van der Waals surface area contributed by atoms with Gasteiger partial charge in [0.2, 0.25) is 0 Å². The zero-order valence-corrected chi connectivity index (χ0v) is 11.5. The highest BCUT2D eigenvalue weighted by Gasteiger charge is 2.09. The van der Waals surface area contributed by atoms with Crippen LogP contribution in [0.3, 0.4) is 0 Å². The van der Waals surface area contributed by atoms with Crippen LogP contribution in [0.25, 0.3) is 0 Å². The highest BCUT2D eigenvalue weighted by molar-refractivity contribution is 7.99. The number of carbonyl (C=O) groups excluding carboxylic acids is 1. The number of thioether (sulfide) groups is 1. The van der Waals surface area contributed by atoms with E-state index in [0.717, 1.165) is 0 Å². The van der Waals surface area contributed by atoms with E-state index in [2.05, 4.69) is 9.97 Å². The number of benzene rings is 1. The Hall–Kier alpha value is -1.10. The molecule has 0 fully saturated rings. The van der Waals surface area contributed by atoms with E-state index in [1.54, 1.807) is 36.7 Å². The molecule has 3 nitrogen and oxygen atoms in total. The maximum Gasteiger partial charge on any atom is 0.187 e. The van der Waals surface area contributed by atoms with Gasteiger partial charge in [0.25, 0.3) is 0 Å². The molecule has 0 bridgehead atoms. The maximum absolute atomic E-state index is 11.9. The van der Waals surface area contributed by atoms with Crippen molar-refractivity contribution in [2.75, 3.05) is 5.75 Å². The first-order chi connectivity index (χ1) is 8.66. The summed E-state index contributed by atoms with van der Waals surface area (Å²) >= 11 is 12.9. The summed E-state index contributed by atoms with van der Waals surface area (Å²) in [7, 11) is 0. The number of rotatable bonds is 4. The lowest BCUT2D eigenvalue weighted by Gasteiger charge is -2.02. The molecule has 2 rings (SSSR count). The van der Waals surface area contributed by atoms with Crippen LogP contribution in [-0.4, -0.2) is 21.5 Å². The van der Waals surface area contributed by atoms with Crippen LogP contribution >= 0.6 is 35.0 Å². The Balaban J connectivity index is 2.02. The first-order valence-electron chi connectivity index (χ1n) is 5.05. The minimum absolute atomic E-state index is 0.0361. The van der Waals surface area contributed by atoms with Gasteiger partial charge in [0.05, 0.1) is 15.8 Å². The lowest BCUT2D eigenvalue weighted by atomic mass is 10.1. The SMILES string of the molecule is O=C(CSc1ncccn1)c1ccc(Cl)c(Cl)c1. The number of Topliss-reactive ketones (excluding diaryl/α,β-unsaturated/α-hetero) is 1. The van der Waals surface area contributed by atoms with E-state index in [1.807, 2.05) is 0 Å². The third kappa shape index (κ3) is 3.45. The second-order valence-electron chi connectivity index (χ2n) is 3.37. The van der Waals surface area contributed by atoms with Gasteiger partial charge in [0.15, 0.2) is 10.9 Å². The second-order valence-corrected chi connectivity index (χ2v) is 5.13. The molecule has 0 spiro atoms. The Morgan fingerprint density at radius 2 is 1.89 bits per heavy atom. The van der Waals surface area contributed by atoms with Gasteiger partial charge in [-0.3, -0.25) is 4.79 Å². The molecule has 0 N–H and O–H groups in total. The topological polar surface area (TPSA) is 42.9 Å². The molecule has 2 aromatic rings. The van der Waals surface area contributed by atoms with Gasteiger partial charge in [0.1, 0.15) is 0 Å². The zero-order valence-electron chi connectivity index (χ0n) is 9.14. The third-order valence-corrected chi connectivity index (χ3v) is 3.73. The van der Waals surface area contributed by atoms with Gasteiger partial charge >= 0.3 is 0 Å². The molecule has 0 radical (unpaired) electrons. The fourth-order valence-corrected chi connectivity index (χ4v) is 2.24. The van der Waals surface area contributed by atoms with E-state index in [9.17, 15) is 4.79 Å². The summed E-state index contributed by atoms with van der Waals surface area (Å²) in [6, 6.07) is 6.56. The number of halogens is 2. The van der Waals surface area contributed by atoms with Gasteiger partial charge in [-0.1, -0.05) is 35.0 Å². The smallest absolute Gasteiger partial charge is 0.187 e. The first-order valence-corrected chi connectivity index (χ1v) is 6.79. The Morgan fingerprint density at radius 1 is 1.17 bits per heavy atom. The number of hydrogen-bond acceptors (Lipinski definition) is 4. The molecule has 18 heavy (non-hydrogen) atoms. The van der Waals surface area contributed by atoms with Crippen LogP contribution in [0.1, 0.15) is 10.4 Å². The fraction of sp³-hybridized carbons (Fsp3) is 0.0833. The average Bonchev–Trinajstić information content (AvgIpc) is 2.40. The summed E-state index contributed by atoms with van der Waals surface area (Å²) in [6.45, 7) is 0. The van der Waals surface area contributed by atoms with Gasteiger partial charge < -0.3 is 0 Å². The normalized spacial score (nSPS) is 10.3. The molecule has 0 unspecified atom stereocenters. The Morgan fingerprint density at radius 3 is 2.56 bits per heavy atom. The van der Waals surface area contributed by atoms with Crippen LogP contribution < -0.4 is 0 Å². The Kier molecular flexibility index (Phi) is 4.58. The number of ketones is 1. The van der Waals surface area contributed by atoms with Crippen molar-refractivity contribution >= 4 is 40.7 Å². The standard InChI is InChI=1S/C12H8Cl2N2OS/c13-9-3-2-8(6-10(9)14)11(17)7-18-12-15-4-1-5-16-12/h1-6H,7H2. The predicted molar refractivity (Wildman–Crippen MR) is 73.5 cm³/mol. The highest BCUT2D eigenvalue weighted by Crippen LogP contribution is 2.23. The van der Waals surface area contributed by atoms with Crippen molar-refractivity contribution in [2.45, 2.75) is 5.16 Å². The molecule has 0 saturated heterocycles. The summed E-state index contributed by atoms with van der Waals surface area (Å²) in [4.78, 5) is 20.0. The van der Waals surface area contributed by atoms with Crippen molar-refractivity contribution in [2.24, 2.45) is 0 Å². The Labute approximate surface area is 119 Å². The summed E-state index contributed by atoms with van der Waals surface area (Å²) in [6.07, 6.45) is 3.28. The van der Waals surface area contributed by atoms with Crippen LogP contribution in [0.5, 0.6) is 0 Å². The fourth-order valence-electron chi connectivity index (χ4n) is 1.24. The van der Waals surface area contributed by atoms with E-state index in [1.165, 1.54) is 11.8 Å². The number of carbonyl (C=O) groups is 1. The van der Waals surface area contributed by atoms with Gasteiger partial charge in [-0.25, -0.2) is 9.97 Å². The maximum atomic E-state index is 11.9. The molecule has 92 valence electrons. The molecule has 1 heterocycles. The molecule has 0 atom stereocenters. The van der Waals surface area contributed by atoms with E-state index >= 15 is 0 Å². The molecule has 0 saturated carbocycles. The minimum atomic E-state index is -0.0361. The lowest BCUT2D eigenvalue weighted by Crippen LogP contribution is -2.03. The van der Waals surface area contributed by atoms with Crippen molar-refractivity contribution < 1.29 is 4.79 Å². The monoisotopic (exact) mass is 298 g/mol. The molecule has 0 aliphatic carbocycles. The van der Waals surface area contributed by atoms with Crippen LogP contribution in [0.15, 0.2) is 41.8 Å². The van der Waals surface area contributed by atoms with Gasteiger partial charge in [-0.05, 0) is 24.3 Å². The minimum Gasteiger partial charge on any atom is -0.293 e. The van der Waals surface area contributed by atoms with E-state index in [4.69, 9.17) is 23.2 Å². The molecular formula is C12H8Cl2N2OS. The van der Waals surface area contributed by atoms with Crippen LogP contribution in [0.2, 0.25) is 10.0 Å². The van der Waals surface area contributed by atoms with Crippen LogP contribution in [-0.2, 0) is 0 Å². The van der Waals surface area contributed by atoms with Crippen LogP contribution in [0.4, 0.5) is 0 Å². The molecule has 6 heteroatoms. The summed E-state index contributed by atoms with van der Waals surface area (Å²) in [5.74, 6) is 0.230. The molecule has 0 aliphatic rings. The van der Waals surface area contributed by atoms with E-state index in [0.29, 0.717) is 20.8 Å². The third-order valence-electron chi connectivity index (χ3n) is 2.12. The van der Waals surface area contributed by atoms with Crippen molar-refractivity contribution in [1.29, 1.82) is 0 Å². The summed E-state index contributed by atoms with van der Waals surface area (Å²) in [5, 5.41) is 1.39. The molecular weight excluding hydrogens is 291 g/mol. The zero-order chi connectivity index (χ0) is 13.0. The Bertz CT molecular complexity index is 563. The lowest BCUT2D eigenvalue weighted by molar-refractivity contribution is 0.102. The van der Waals surface area contributed by atoms with E-state index < -0.39 is 0 Å². The van der Waals surface area contributed by atoms with Gasteiger partial charge in [-0.2, -0.15) is 0 Å². The van der Waals surface area contributed by atoms with Crippen molar-refractivity contribution in [3.8, 4) is 0 Å². The van der Waals surface area contributed by atoms with Gasteiger partial charge in [-0.15, -0.1) is 0 Å². The first kappa shape index (κ1) is 13.3. The molecule has 0 aliphatic heterocycles. The second kappa shape index (κ2) is 6.18. The number of aromatic nitrogens is 2. The van der Waals surface area contributed by atoms with E-state index in [-0.39, 0.29) is 11.5 Å². The molecule has 1 aromatic heterocycles. The molecule has 1 aromatic carbocycles. The quantitative estimate of drug-likeness (QED) is 0.490. The highest BCUT2D eigenvalue weighted by atomic mass is 35.5. The predicted octanol–water partition coefficient (Wildman–Crippen LogP) is 3.76. The largest absolute Gasteiger partial charge is 0.293 e. The van der Waals surface area contributed by atoms with Crippen molar-refractivity contribution in [1.82, 2.24) is 9.97 Å².